The predicted molar refractivity (Wildman–Crippen MR) is 69.5 cm³/mol. The van der Waals surface area contributed by atoms with Crippen molar-refractivity contribution in [1.82, 2.24) is 4.98 Å². The van der Waals surface area contributed by atoms with Crippen molar-refractivity contribution >= 4 is 28.1 Å². The van der Waals surface area contributed by atoms with E-state index in [1.54, 1.807) is 18.3 Å². The van der Waals surface area contributed by atoms with Crippen LogP contribution in [0.5, 0.6) is 0 Å². The minimum atomic E-state index is -1.07. The Morgan fingerprint density at radius 3 is 2.65 bits per heavy atom. The molecule has 0 aliphatic heterocycles. The van der Waals surface area contributed by atoms with E-state index in [1.807, 2.05) is 13.8 Å². The van der Waals surface area contributed by atoms with Gasteiger partial charge in [-0.25, -0.2) is 4.98 Å². The van der Waals surface area contributed by atoms with Gasteiger partial charge in [0.2, 0.25) is 0 Å². The molecule has 0 aliphatic rings. The van der Waals surface area contributed by atoms with E-state index in [1.165, 1.54) is 7.11 Å². The topological polar surface area (TPSA) is 56.3 Å². The normalized spacial score (nSPS) is 14.4. The van der Waals surface area contributed by atoms with E-state index >= 15 is 0 Å². The van der Waals surface area contributed by atoms with E-state index in [-0.39, 0.29) is 11.9 Å². The third kappa shape index (κ3) is 4.20. The maximum atomic E-state index is 11.8. The predicted octanol–water partition coefficient (Wildman–Crippen LogP) is 1.82. The summed E-state index contributed by atoms with van der Waals surface area (Å²) in [5, 5.41) is 0.871. The molecular weight excluding hydrogens is 258 g/mol. The number of ether oxygens (including phenoxy) is 1. The zero-order valence-electron chi connectivity index (χ0n) is 10.5. The van der Waals surface area contributed by atoms with E-state index in [0.29, 0.717) is 11.5 Å². The molecule has 0 fully saturated rings. The molecule has 17 heavy (non-hydrogen) atoms. The Balaban J connectivity index is 2.52. The van der Waals surface area contributed by atoms with Gasteiger partial charge < -0.3 is 4.74 Å². The molecule has 0 bridgehead atoms. The lowest BCUT2D eigenvalue weighted by molar-refractivity contribution is -0.144. The first kappa shape index (κ1) is 14.3. The second-order valence-corrected chi connectivity index (χ2v) is 6.71. The number of carbonyl (C=O) groups is 1. The Labute approximate surface area is 108 Å². The zero-order valence-corrected chi connectivity index (χ0v) is 12.1. The number of aryl methyl sites for hydroxylation is 2. The first-order valence-electron chi connectivity index (χ1n) is 5.29. The molecule has 1 aromatic heterocycles. The molecule has 1 aromatic rings. The molecule has 0 saturated carbocycles. The molecule has 4 nitrogen and oxygen atoms in total. The van der Waals surface area contributed by atoms with Crippen molar-refractivity contribution in [3.8, 4) is 0 Å². The quantitative estimate of drug-likeness (QED) is 0.769. The highest BCUT2D eigenvalue weighted by Crippen LogP contribution is 2.18. The van der Waals surface area contributed by atoms with Gasteiger partial charge in [0.15, 0.2) is 0 Å². The Morgan fingerprint density at radius 1 is 1.53 bits per heavy atom. The summed E-state index contributed by atoms with van der Waals surface area (Å²) in [4.78, 5) is 16.7. The number of nitrogens with zero attached hydrogens (tertiary/aromatic N) is 1. The molecular formula is C11H17NO3S2. The van der Waals surface area contributed by atoms with Gasteiger partial charge in [-0.15, -0.1) is 11.3 Å². The van der Waals surface area contributed by atoms with Gasteiger partial charge in [0, 0.05) is 21.4 Å². The van der Waals surface area contributed by atoms with Crippen molar-refractivity contribution in [2.24, 2.45) is 5.92 Å². The SMILES string of the molecule is COC(=O)C(C)CS(=O)Cc1nc(C)c(C)s1. The van der Waals surface area contributed by atoms with Crippen LogP contribution < -0.4 is 0 Å². The number of methoxy groups -OCH3 is 1. The van der Waals surface area contributed by atoms with Crippen molar-refractivity contribution in [3.63, 3.8) is 0 Å². The molecule has 1 heterocycles. The molecule has 6 heteroatoms. The minimum absolute atomic E-state index is 0.315. The van der Waals surface area contributed by atoms with Gasteiger partial charge in [0.1, 0.15) is 5.01 Å². The number of rotatable bonds is 5. The van der Waals surface area contributed by atoms with Crippen molar-refractivity contribution < 1.29 is 13.7 Å². The molecule has 0 spiro atoms. The maximum absolute atomic E-state index is 11.8. The fraction of sp³-hybridized carbons (Fsp3) is 0.636. The summed E-state index contributed by atoms with van der Waals surface area (Å²) >= 11 is 1.56. The van der Waals surface area contributed by atoms with Gasteiger partial charge in [-0.3, -0.25) is 9.00 Å². The van der Waals surface area contributed by atoms with Crippen molar-refractivity contribution in [2.45, 2.75) is 26.5 Å². The summed E-state index contributed by atoms with van der Waals surface area (Å²) in [6.07, 6.45) is 0. The van der Waals surface area contributed by atoms with E-state index < -0.39 is 10.8 Å². The fourth-order valence-corrected chi connectivity index (χ4v) is 3.86. The van der Waals surface area contributed by atoms with Gasteiger partial charge in [-0.2, -0.15) is 0 Å². The van der Waals surface area contributed by atoms with Crippen LogP contribution in [0, 0.1) is 19.8 Å². The monoisotopic (exact) mass is 275 g/mol. The third-order valence-electron chi connectivity index (χ3n) is 2.40. The summed E-state index contributed by atoms with van der Waals surface area (Å²) in [6, 6.07) is 0. The number of thiazole rings is 1. The highest BCUT2D eigenvalue weighted by atomic mass is 32.2. The van der Waals surface area contributed by atoms with E-state index in [4.69, 9.17) is 0 Å². The molecule has 0 radical (unpaired) electrons. The molecule has 0 aliphatic carbocycles. The minimum Gasteiger partial charge on any atom is -0.469 e. The Kier molecular flexibility index (Phi) is 5.27. The molecule has 96 valence electrons. The van der Waals surface area contributed by atoms with Crippen LogP contribution in [0.1, 0.15) is 22.5 Å². The van der Waals surface area contributed by atoms with Gasteiger partial charge in [0.05, 0.1) is 24.5 Å². The van der Waals surface area contributed by atoms with Crippen LogP contribution in [0.2, 0.25) is 0 Å². The van der Waals surface area contributed by atoms with E-state index in [2.05, 4.69) is 9.72 Å². The van der Waals surface area contributed by atoms with Crippen molar-refractivity contribution in [1.29, 1.82) is 0 Å². The standard InChI is InChI=1S/C11H17NO3S2/c1-7(11(13)15-4)5-17(14)6-10-12-8(2)9(3)16-10/h7H,5-6H2,1-4H3. The lowest BCUT2D eigenvalue weighted by atomic mass is 10.2. The van der Waals surface area contributed by atoms with Crippen LogP contribution in [0.3, 0.4) is 0 Å². The van der Waals surface area contributed by atoms with E-state index in [0.717, 1.165) is 15.6 Å². The molecule has 0 N–H and O–H groups in total. The molecule has 0 saturated heterocycles. The van der Waals surface area contributed by atoms with Crippen LogP contribution in [-0.4, -0.2) is 28.0 Å². The highest BCUT2D eigenvalue weighted by Gasteiger charge is 2.17. The number of hydrogen-bond donors (Lipinski definition) is 0. The van der Waals surface area contributed by atoms with Crippen LogP contribution in [0.25, 0.3) is 0 Å². The van der Waals surface area contributed by atoms with Crippen LogP contribution in [-0.2, 0) is 26.1 Å². The van der Waals surface area contributed by atoms with Gasteiger partial charge >= 0.3 is 5.97 Å². The number of hydrogen-bond acceptors (Lipinski definition) is 5. The average molecular weight is 275 g/mol. The Morgan fingerprint density at radius 2 is 2.18 bits per heavy atom. The van der Waals surface area contributed by atoms with Crippen molar-refractivity contribution in [3.05, 3.63) is 15.6 Å². The molecule has 2 unspecified atom stereocenters. The third-order valence-corrected chi connectivity index (χ3v) is 5.12. The lowest BCUT2D eigenvalue weighted by Crippen LogP contribution is -2.20. The Bertz CT molecular complexity index is 409. The highest BCUT2D eigenvalue weighted by molar-refractivity contribution is 7.84. The van der Waals surface area contributed by atoms with Crippen LogP contribution >= 0.6 is 11.3 Å². The second-order valence-electron chi connectivity index (χ2n) is 3.92. The summed E-state index contributed by atoms with van der Waals surface area (Å²) in [5.41, 5.74) is 0.989. The smallest absolute Gasteiger partial charge is 0.309 e. The largest absolute Gasteiger partial charge is 0.469 e. The van der Waals surface area contributed by atoms with Crippen LogP contribution in [0.4, 0.5) is 0 Å². The van der Waals surface area contributed by atoms with Crippen molar-refractivity contribution in [2.75, 3.05) is 12.9 Å². The van der Waals surface area contributed by atoms with Gasteiger partial charge in [-0.1, -0.05) is 6.92 Å². The van der Waals surface area contributed by atoms with Gasteiger partial charge in [-0.05, 0) is 13.8 Å². The second kappa shape index (κ2) is 6.26. The molecule has 2 atom stereocenters. The van der Waals surface area contributed by atoms with E-state index in [9.17, 15) is 9.00 Å². The summed E-state index contributed by atoms with van der Waals surface area (Å²) < 4.78 is 16.4. The number of esters is 1. The molecule has 0 aromatic carbocycles. The first-order valence-corrected chi connectivity index (χ1v) is 7.60. The fourth-order valence-electron chi connectivity index (χ4n) is 1.35. The summed E-state index contributed by atoms with van der Waals surface area (Å²) in [7, 11) is 0.271. The number of carbonyl (C=O) groups excluding carboxylic acids is 1. The molecule has 1 rings (SSSR count). The average Bonchev–Trinajstić information content (AvgIpc) is 2.56. The zero-order chi connectivity index (χ0) is 13.0. The Hall–Kier alpha value is -0.750. The molecule has 0 amide bonds. The number of aromatic nitrogens is 1. The summed E-state index contributed by atoms with van der Waals surface area (Å²) in [5.74, 6) is 0.0956. The summed E-state index contributed by atoms with van der Waals surface area (Å²) in [6.45, 7) is 5.66. The van der Waals surface area contributed by atoms with Gasteiger partial charge in [0.25, 0.3) is 0 Å². The lowest BCUT2D eigenvalue weighted by Gasteiger charge is -2.07. The maximum Gasteiger partial charge on any atom is 0.309 e. The first-order chi connectivity index (χ1) is 7.93. The van der Waals surface area contributed by atoms with Crippen LogP contribution in [0.15, 0.2) is 0 Å².